The van der Waals surface area contributed by atoms with Crippen LogP contribution in [0, 0.1) is 5.92 Å². The lowest BCUT2D eigenvalue weighted by Gasteiger charge is -2.11. The van der Waals surface area contributed by atoms with Gasteiger partial charge in [0.25, 0.3) is 0 Å². The largest absolute Gasteiger partial charge is 0.490 e. The van der Waals surface area contributed by atoms with Crippen molar-refractivity contribution in [2.24, 2.45) is 5.92 Å². The standard InChI is InChI=1S/C15H19NO/c1-11(2)17-15-5-3-4-14-13(15)8-9-16(14)10-12-6-7-12/h3-5,8-9,11-12H,6-7,10H2,1-2H3. The van der Waals surface area contributed by atoms with Gasteiger partial charge in [-0.2, -0.15) is 0 Å². The molecule has 2 heteroatoms. The second-order valence-corrected chi connectivity index (χ2v) is 5.27. The molecule has 90 valence electrons. The maximum atomic E-state index is 5.85. The molecule has 0 aliphatic heterocycles. The van der Waals surface area contributed by atoms with Crippen molar-refractivity contribution in [3.63, 3.8) is 0 Å². The highest BCUT2D eigenvalue weighted by atomic mass is 16.5. The van der Waals surface area contributed by atoms with Crippen molar-refractivity contribution in [1.82, 2.24) is 4.57 Å². The van der Waals surface area contributed by atoms with Crippen molar-refractivity contribution in [1.29, 1.82) is 0 Å². The second kappa shape index (κ2) is 4.10. The number of aromatic nitrogens is 1. The smallest absolute Gasteiger partial charge is 0.129 e. The molecule has 0 radical (unpaired) electrons. The summed E-state index contributed by atoms with van der Waals surface area (Å²) in [6.07, 6.45) is 5.20. The minimum Gasteiger partial charge on any atom is -0.490 e. The zero-order valence-electron chi connectivity index (χ0n) is 10.5. The Morgan fingerprint density at radius 3 is 2.82 bits per heavy atom. The zero-order valence-corrected chi connectivity index (χ0v) is 10.5. The van der Waals surface area contributed by atoms with E-state index in [4.69, 9.17) is 4.74 Å². The van der Waals surface area contributed by atoms with Crippen molar-refractivity contribution >= 4 is 10.9 Å². The predicted molar refractivity (Wildman–Crippen MR) is 70.4 cm³/mol. The van der Waals surface area contributed by atoms with Gasteiger partial charge in [-0.25, -0.2) is 0 Å². The molecule has 0 spiro atoms. The van der Waals surface area contributed by atoms with E-state index in [-0.39, 0.29) is 6.10 Å². The van der Waals surface area contributed by atoms with Gasteiger partial charge in [0.05, 0.1) is 11.6 Å². The molecule has 1 fully saturated rings. The van der Waals surface area contributed by atoms with Crippen LogP contribution >= 0.6 is 0 Å². The van der Waals surface area contributed by atoms with Crippen LogP contribution in [0.25, 0.3) is 10.9 Å². The highest BCUT2D eigenvalue weighted by molar-refractivity contribution is 5.86. The summed E-state index contributed by atoms with van der Waals surface area (Å²) in [7, 11) is 0. The topological polar surface area (TPSA) is 14.2 Å². The van der Waals surface area contributed by atoms with E-state index in [0.29, 0.717) is 0 Å². The van der Waals surface area contributed by atoms with Gasteiger partial charge in [-0.1, -0.05) is 6.07 Å². The Morgan fingerprint density at radius 1 is 1.29 bits per heavy atom. The first kappa shape index (κ1) is 10.7. The highest BCUT2D eigenvalue weighted by Gasteiger charge is 2.22. The van der Waals surface area contributed by atoms with Crippen molar-refractivity contribution in [3.05, 3.63) is 30.5 Å². The normalized spacial score (nSPS) is 15.7. The van der Waals surface area contributed by atoms with Crippen LogP contribution in [0.1, 0.15) is 26.7 Å². The van der Waals surface area contributed by atoms with E-state index in [9.17, 15) is 0 Å². The summed E-state index contributed by atoms with van der Waals surface area (Å²) in [5.74, 6) is 1.91. The van der Waals surface area contributed by atoms with Crippen LogP contribution in [0.3, 0.4) is 0 Å². The van der Waals surface area contributed by atoms with Gasteiger partial charge in [-0.15, -0.1) is 0 Å². The Morgan fingerprint density at radius 2 is 2.12 bits per heavy atom. The van der Waals surface area contributed by atoms with Gasteiger partial charge in [0, 0.05) is 18.1 Å². The molecule has 1 aromatic carbocycles. The molecule has 0 saturated heterocycles. The number of hydrogen-bond acceptors (Lipinski definition) is 1. The molecule has 2 nitrogen and oxygen atoms in total. The molecular formula is C15H19NO. The minimum atomic E-state index is 0.229. The van der Waals surface area contributed by atoms with Gasteiger partial charge in [0.2, 0.25) is 0 Å². The van der Waals surface area contributed by atoms with E-state index >= 15 is 0 Å². The molecule has 1 heterocycles. The third-order valence-corrected chi connectivity index (χ3v) is 3.29. The fourth-order valence-corrected chi connectivity index (χ4v) is 2.29. The summed E-state index contributed by atoms with van der Waals surface area (Å²) >= 11 is 0. The molecular weight excluding hydrogens is 210 g/mol. The molecule has 1 aliphatic carbocycles. The van der Waals surface area contributed by atoms with Crippen LogP contribution in [0.15, 0.2) is 30.5 Å². The Balaban J connectivity index is 1.98. The Labute approximate surface area is 102 Å². The average molecular weight is 229 g/mol. The highest BCUT2D eigenvalue weighted by Crippen LogP contribution is 2.33. The number of ether oxygens (including phenoxy) is 1. The zero-order chi connectivity index (χ0) is 11.8. The quantitative estimate of drug-likeness (QED) is 0.777. The first-order valence-corrected chi connectivity index (χ1v) is 6.48. The summed E-state index contributed by atoms with van der Waals surface area (Å²) in [5, 5.41) is 1.24. The molecule has 0 bridgehead atoms. The van der Waals surface area contributed by atoms with Crippen molar-refractivity contribution in [2.45, 2.75) is 39.3 Å². The molecule has 0 unspecified atom stereocenters. The summed E-state index contributed by atoms with van der Waals surface area (Å²) in [4.78, 5) is 0. The number of hydrogen-bond donors (Lipinski definition) is 0. The van der Waals surface area contributed by atoms with Crippen LogP contribution in [0.2, 0.25) is 0 Å². The molecule has 0 amide bonds. The van der Waals surface area contributed by atoms with Crippen LogP contribution in [0.5, 0.6) is 5.75 Å². The third-order valence-electron chi connectivity index (χ3n) is 3.29. The Kier molecular flexibility index (Phi) is 2.58. The van der Waals surface area contributed by atoms with Gasteiger partial charge in [-0.3, -0.25) is 0 Å². The van der Waals surface area contributed by atoms with Crippen molar-refractivity contribution in [2.75, 3.05) is 0 Å². The first-order chi connectivity index (χ1) is 8.24. The maximum absolute atomic E-state index is 5.85. The second-order valence-electron chi connectivity index (χ2n) is 5.27. The number of rotatable bonds is 4. The summed E-state index contributed by atoms with van der Waals surface area (Å²) in [5.41, 5.74) is 1.30. The number of benzene rings is 1. The van der Waals surface area contributed by atoms with Gasteiger partial charge in [0.1, 0.15) is 5.75 Å². The van der Waals surface area contributed by atoms with Crippen molar-refractivity contribution < 1.29 is 4.74 Å². The lowest BCUT2D eigenvalue weighted by atomic mass is 10.2. The van der Waals surface area contributed by atoms with E-state index in [1.54, 1.807) is 0 Å². The van der Waals surface area contributed by atoms with E-state index < -0.39 is 0 Å². The third kappa shape index (κ3) is 2.17. The number of fused-ring (bicyclic) bond motifs is 1. The minimum absolute atomic E-state index is 0.229. The van der Waals surface area contributed by atoms with Gasteiger partial charge in [0.15, 0.2) is 0 Å². The number of nitrogens with zero attached hydrogens (tertiary/aromatic N) is 1. The monoisotopic (exact) mass is 229 g/mol. The molecule has 1 aliphatic rings. The van der Waals surface area contributed by atoms with Gasteiger partial charge < -0.3 is 9.30 Å². The molecule has 17 heavy (non-hydrogen) atoms. The van der Waals surface area contributed by atoms with Crippen LogP contribution < -0.4 is 4.74 Å². The Bertz CT molecular complexity index is 523. The lowest BCUT2D eigenvalue weighted by molar-refractivity contribution is 0.245. The summed E-state index contributed by atoms with van der Waals surface area (Å²) in [6.45, 7) is 5.30. The maximum Gasteiger partial charge on any atom is 0.129 e. The fourth-order valence-electron chi connectivity index (χ4n) is 2.29. The van der Waals surface area contributed by atoms with E-state index in [1.807, 2.05) is 0 Å². The molecule has 1 saturated carbocycles. The average Bonchev–Trinajstić information content (AvgIpc) is 2.99. The lowest BCUT2D eigenvalue weighted by Crippen LogP contribution is -2.05. The van der Waals surface area contributed by atoms with Gasteiger partial charge >= 0.3 is 0 Å². The van der Waals surface area contributed by atoms with Crippen LogP contribution in [0.4, 0.5) is 0 Å². The molecule has 0 N–H and O–H groups in total. The van der Waals surface area contributed by atoms with Gasteiger partial charge in [-0.05, 0) is 50.8 Å². The molecule has 3 rings (SSSR count). The van der Waals surface area contributed by atoms with E-state index in [0.717, 1.165) is 18.2 Å². The van der Waals surface area contributed by atoms with Crippen molar-refractivity contribution in [3.8, 4) is 5.75 Å². The predicted octanol–water partition coefficient (Wildman–Crippen LogP) is 3.84. The van der Waals surface area contributed by atoms with Crippen LogP contribution in [-0.4, -0.2) is 10.7 Å². The van der Waals surface area contributed by atoms with E-state index in [2.05, 4.69) is 48.9 Å². The fraction of sp³-hybridized carbons (Fsp3) is 0.467. The summed E-state index contributed by atoms with van der Waals surface area (Å²) in [6, 6.07) is 8.51. The van der Waals surface area contributed by atoms with E-state index in [1.165, 1.54) is 23.7 Å². The molecule has 0 atom stereocenters. The van der Waals surface area contributed by atoms with Crippen LogP contribution in [-0.2, 0) is 6.54 Å². The Hall–Kier alpha value is -1.44. The molecule has 2 aromatic rings. The SMILES string of the molecule is CC(C)Oc1cccc2c1ccn2CC1CC1. The first-order valence-electron chi connectivity index (χ1n) is 6.48. The molecule has 1 aromatic heterocycles. The summed E-state index contributed by atoms with van der Waals surface area (Å²) < 4.78 is 8.21.